The molecule has 3 rings (SSSR count). The summed E-state index contributed by atoms with van der Waals surface area (Å²) in [7, 11) is -0.747. The smallest absolute Gasteiger partial charge is 0.379 e. The summed E-state index contributed by atoms with van der Waals surface area (Å²) in [6.45, 7) is 4.00. The number of benzene rings is 3. The largest absolute Gasteiger partial charge is 0.485 e. The molecule has 0 saturated carbocycles. The fourth-order valence-electron chi connectivity index (χ4n) is 3.22. The molecule has 0 N–H and O–H groups in total. The summed E-state index contributed by atoms with van der Waals surface area (Å²) in [6, 6.07) is 30.8. The van der Waals surface area contributed by atoms with Gasteiger partial charge < -0.3 is 13.3 Å². The van der Waals surface area contributed by atoms with E-state index in [1.807, 2.05) is 68.4 Å². The molecule has 0 saturated heterocycles. The highest BCUT2D eigenvalue weighted by Crippen LogP contribution is 2.41. The maximum absolute atomic E-state index is 6.75. The van der Waals surface area contributed by atoms with E-state index < -0.39 is 15.1 Å². The number of hydrogen-bond acceptors (Lipinski definition) is 3. The zero-order valence-electron chi connectivity index (χ0n) is 16.0. The van der Waals surface area contributed by atoms with E-state index in [9.17, 15) is 0 Å². The molecule has 0 spiro atoms. The number of rotatable bonds is 8. The normalized spacial score (nSPS) is 12.9. The summed E-state index contributed by atoms with van der Waals surface area (Å²) in [5, 5.41) is 0. The average Bonchev–Trinajstić information content (AvgIpc) is 2.73. The Hall–Kier alpha value is -2.24. The summed E-state index contributed by atoms with van der Waals surface area (Å²) in [4.78, 5) is 0. The van der Waals surface area contributed by atoms with Gasteiger partial charge in [-0.2, -0.15) is 0 Å². The summed E-state index contributed by atoms with van der Waals surface area (Å²) >= 11 is 0. The molecule has 0 heterocycles. The Morgan fingerprint density at radius 3 is 1.33 bits per heavy atom. The van der Waals surface area contributed by atoms with Crippen LogP contribution < -0.4 is 0 Å². The van der Waals surface area contributed by atoms with Gasteiger partial charge in [0.15, 0.2) is 0 Å². The van der Waals surface area contributed by atoms with E-state index in [1.165, 1.54) is 0 Å². The summed E-state index contributed by atoms with van der Waals surface area (Å²) in [6.07, 6.45) is 0.0293. The van der Waals surface area contributed by atoms with E-state index in [0.29, 0.717) is 0 Å². The van der Waals surface area contributed by atoms with Gasteiger partial charge in [-0.1, -0.05) is 91.0 Å². The molecule has 0 aliphatic carbocycles. The first-order valence-corrected chi connectivity index (χ1v) is 10.6. The van der Waals surface area contributed by atoms with Crippen LogP contribution in [0, 0.1) is 0 Å². The molecule has 0 aromatic heterocycles. The maximum Gasteiger partial charge on any atom is 0.485 e. The molecule has 1 atom stereocenters. The lowest BCUT2D eigenvalue weighted by molar-refractivity contribution is 0.0291. The van der Waals surface area contributed by atoms with E-state index in [1.54, 1.807) is 7.11 Å². The molecule has 3 nitrogen and oxygen atoms in total. The Morgan fingerprint density at radius 1 is 0.667 bits per heavy atom. The van der Waals surface area contributed by atoms with Gasteiger partial charge in [0.2, 0.25) is 0 Å². The van der Waals surface area contributed by atoms with Gasteiger partial charge in [0.05, 0.1) is 0 Å². The Bertz CT molecular complexity index is 710. The summed E-state index contributed by atoms with van der Waals surface area (Å²) in [5.41, 5.74) is 2.34. The topological polar surface area (TPSA) is 27.7 Å². The van der Waals surface area contributed by atoms with E-state index >= 15 is 0 Å². The lowest BCUT2D eigenvalue weighted by atomic mass is 9.80. The molecular formula is C23H26O3Si. The van der Waals surface area contributed by atoms with Crippen molar-refractivity contribution < 1.29 is 13.3 Å². The standard InChI is InChI=1S/C23H26O3Si/c1-19(2)25-27(24-3)26-23(20-13-7-4-8-14-20,21-15-9-5-10-16-21)22-17-11-6-12-18-22/h4-19,27H,1-3H3. The molecule has 4 heteroatoms. The van der Waals surface area contributed by atoms with Crippen LogP contribution in [0.2, 0.25) is 0 Å². The third kappa shape index (κ3) is 4.37. The van der Waals surface area contributed by atoms with Crippen molar-refractivity contribution in [3.8, 4) is 0 Å². The van der Waals surface area contributed by atoms with Crippen LogP contribution in [0.1, 0.15) is 30.5 Å². The van der Waals surface area contributed by atoms with Gasteiger partial charge in [-0.05, 0) is 30.5 Å². The third-order valence-corrected chi connectivity index (χ3v) is 6.09. The molecule has 0 amide bonds. The van der Waals surface area contributed by atoms with Crippen molar-refractivity contribution in [3.05, 3.63) is 108 Å². The summed E-state index contributed by atoms with van der Waals surface area (Å²) < 4.78 is 18.4. The summed E-state index contributed by atoms with van der Waals surface area (Å²) in [5.74, 6) is 0. The molecule has 0 radical (unpaired) electrons. The fraction of sp³-hybridized carbons (Fsp3) is 0.217. The van der Waals surface area contributed by atoms with Gasteiger partial charge in [-0.15, -0.1) is 0 Å². The Morgan fingerprint density at radius 2 is 1.04 bits per heavy atom. The maximum atomic E-state index is 6.75. The first-order valence-electron chi connectivity index (χ1n) is 9.19. The van der Waals surface area contributed by atoms with Gasteiger partial charge in [-0.25, -0.2) is 0 Å². The second-order valence-corrected chi connectivity index (χ2v) is 8.16. The second-order valence-electron chi connectivity index (χ2n) is 6.61. The first kappa shape index (κ1) is 19.5. The van der Waals surface area contributed by atoms with Crippen LogP contribution in [0.5, 0.6) is 0 Å². The Kier molecular flexibility index (Phi) is 6.58. The van der Waals surface area contributed by atoms with Crippen LogP contribution in [0.25, 0.3) is 0 Å². The molecule has 1 unspecified atom stereocenters. The molecule has 3 aromatic rings. The first-order chi connectivity index (χ1) is 13.2. The molecule has 0 fully saturated rings. The molecule has 0 aliphatic rings. The van der Waals surface area contributed by atoms with Crippen LogP contribution in [0.3, 0.4) is 0 Å². The van der Waals surface area contributed by atoms with Crippen molar-refractivity contribution in [1.82, 2.24) is 0 Å². The highest BCUT2D eigenvalue weighted by Gasteiger charge is 2.41. The van der Waals surface area contributed by atoms with Crippen molar-refractivity contribution >= 4 is 9.53 Å². The molecular weight excluding hydrogens is 352 g/mol. The van der Waals surface area contributed by atoms with E-state index in [4.69, 9.17) is 13.3 Å². The van der Waals surface area contributed by atoms with Gasteiger partial charge in [-0.3, -0.25) is 0 Å². The minimum Gasteiger partial charge on any atom is -0.379 e. The van der Waals surface area contributed by atoms with Crippen molar-refractivity contribution in [2.45, 2.75) is 25.6 Å². The van der Waals surface area contributed by atoms with Crippen LogP contribution in [-0.2, 0) is 18.9 Å². The highest BCUT2D eigenvalue weighted by molar-refractivity contribution is 6.36. The van der Waals surface area contributed by atoms with Crippen molar-refractivity contribution in [1.29, 1.82) is 0 Å². The molecule has 27 heavy (non-hydrogen) atoms. The van der Waals surface area contributed by atoms with E-state index in [-0.39, 0.29) is 6.10 Å². The molecule has 0 aliphatic heterocycles. The molecule has 0 bridgehead atoms. The zero-order valence-corrected chi connectivity index (χ0v) is 17.2. The van der Waals surface area contributed by atoms with Gasteiger partial charge in [0.1, 0.15) is 5.60 Å². The van der Waals surface area contributed by atoms with Gasteiger partial charge in [0.25, 0.3) is 0 Å². The minimum atomic E-state index is -2.41. The third-order valence-electron chi connectivity index (χ3n) is 4.39. The van der Waals surface area contributed by atoms with E-state index in [2.05, 4.69) is 36.4 Å². The fourth-order valence-corrected chi connectivity index (χ4v) is 4.62. The lowest BCUT2D eigenvalue weighted by Gasteiger charge is -2.38. The van der Waals surface area contributed by atoms with Crippen LogP contribution in [0.15, 0.2) is 91.0 Å². The van der Waals surface area contributed by atoms with Gasteiger partial charge in [0, 0.05) is 13.2 Å². The predicted octanol–water partition coefficient (Wildman–Crippen LogP) is 4.78. The van der Waals surface area contributed by atoms with Crippen LogP contribution in [-0.4, -0.2) is 22.7 Å². The quantitative estimate of drug-likeness (QED) is 0.417. The number of hydrogen-bond donors (Lipinski definition) is 0. The van der Waals surface area contributed by atoms with Crippen LogP contribution in [0.4, 0.5) is 0 Å². The Balaban J connectivity index is 2.22. The highest BCUT2D eigenvalue weighted by atomic mass is 28.3. The predicted molar refractivity (Wildman–Crippen MR) is 111 cm³/mol. The average molecular weight is 379 g/mol. The molecule has 140 valence electrons. The van der Waals surface area contributed by atoms with Crippen molar-refractivity contribution in [2.75, 3.05) is 7.11 Å². The zero-order chi connectivity index (χ0) is 19.1. The van der Waals surface area contributed by atoms with E-state index in [0.717, 1.165) is 16.7 Å². The second kappa shape index (κ2) is 9.11. The SMILES string of the molecule is CO[SiH](OC(C)C)OC(c1ccccc1)(c1ccccc1)c1ccccc1. The monoisotopic (exact) mass is 378 g/mol. The molecule has 3 aromatic carbocycles. The Labute approximate surface area is 163 Å². The van der Waals surface area contributed by atoms with Crippen molar-refractivity contribution in [2.24, 2.45) is 0 Å². The lowest BCUT2D eigenvalue weighted by Crippen LogP contribution is -2.42. The van der Waals surface area contributed by atoms with Crippen LogP contribution >= 0.6 is 0 Å². The van der Waals surface area contributed by atoms with Gasteiger partial charge >= 0.3 is 9.53 Å². The minimum absolute atomic E-state index is 0.0293. The van der Waals surface area contributed by atoms with Crippen molar-refractivity contribution in [3.63, 3.8) is 0 Å².